The zero-order valence-corrected chi connectivity index (χ0v) is 27.6. The molecule has 0 rings (SSSR count). The molecule has 0 saturated heterocycles. The standard InChI is InChI=1S/C31H61O6PS/c1-6-9-11-13-15-16-17-18-20-22-24-27(23-21-19-14-12-10-7-2)25-29(39)36-28(8-3)37-31(33,38-34)30(32)35-26(4)5/h26-29,33,39H,6-25H2,1-5H3. The van der Waals surface area contributed by atoms with Gasteiger partial charge in [0.1, 0.15) is 5.44 Å². The molecule has 0 aromatic rings. The summed E-state index contributed by atoms with van der Waals surface area (Å²) in [6.45, 7) is 9.62. The van der Waals surface area contributed by atoms with Crippen LogP contribution in [0.3, 0.4) is 0 Å². The van der Waals surface area contributed by atoms with Crippen molar-refractivity contribution in [3.05, 3.63) is 0 Å². The van der Waals surface area contributed by atoms with Gasteiger partial charge >= 0.3 is 11.5 Å². The zero-order chi connectivity index (χ0) is 29.4. The van der Waals surface area contributed by atoms with Gasteiger partial charge in [-0.1, -0.05) is 136 Å². The van der Waals surface area contributed by atoms with Crippen molar-refractivity contribution < 1.29 is 28.7 Å². The third kappa shape index (κ3) is 21.2. The fraction of sp³-hybridized carbons (Fsp3) is 0.968. The average molecular weight is 593 g/mol. The Labute approximate surface area is 247 Å². The van der Waals surface area contributed by atoms with Crippen molar-refractivity contribution in [3.63, 3.8) is 0 Å². The number of esters is 1. The number of aliphatic hydroxyl groups is 1. The van der Waals surface area contributed by atoms with Crippen LogP contribution in [0.25, 0.3) is 0 Å². The van der Waals surface area contributed by atoms with Gasteiger partial charge in [-0.2, -0.15) is 0 Å². The predicted octanol–water partition coefficient (Wildman–Crippen LogP) is 9.97. The first-order valence-corrected chi connectivity index (χ1v) is 17.3. The molecule has 6 nitrogen and oxygen atoms in total. The minimum absolute atomic E-state index is 0.365. The van der Waals surface area contributed by atoms with Crippen LogP contribution in [0.1, 0.15) is 163 Å². The summed E-state index contributed by atoms with van der Waals surface area (Å²) in [6.07, 6.45) is 23.0. The molecule has 0 saturated carbocycles. The monoisotopic (exact) mass is 592 g/mol. The molecule has 0 aromatic heterocycles. The van der Waals surface area contributed by atoms with Crippen LogP contribution in [0.5, 0.6) is 0 Å². The maximum Gasteiger partial charge on any atom is 0.380 e. The topological polar surface area (TPSA) is 82.1 Å². The molecule has 4 atom stereocenters. The van der Waals surface area contributed by atoms with Crippen LogP contribution in [0.15, 0.2) is 0 Å². The summed E-state index contributed by atoms with van der Waals surface area (Å²) in [5.41, 5.74) is -3.00. The Balaban J connectivity index is 4.72. The van der Waals surface area contributed by atoms with E-state index in [4.69, 9.17) is 14.2 Å². The molecule has 0 fully saturated rings. The number of carbonyl (C=O) groups excluding carboxylic acids is 1. The van der Waals surface area contributed by atoms with Gasteiger partial charge in [0.05, 0.1) is 6.10 Å². The smallest absolute Gasteiger partial charge is 0.380 e. The van der Waals surface area contributed by atoms with Crippen LogP contribution < -0.4 is 0 Å². The van der Waals surface area contributed by atoms with Crippen molar-refractivity contribution >= 4 is 27.1 Å². The number of carbonyl (C=O) groups is 1. The molecule has 4 unspecified atom stereocenters. The first-order chi connectivity index (χ1) is 18.7. The largest absolute Gasteiger partial charge is 0.458 e. The number of rotatable bonds is 28. The summed E-state index contributed by atoms with van der Waals surface area (Å²) in [4.78, 5) is 12.2. The van der Waals surface area contributed by atoms with Crippen LogP contribution in [0.2, 0.25) is 0 Å². The number of hydrogen-bond acceptors (Lipinski definition) is 7. The number of hydrogen-bond donors (Lipinski definition) is 2. The molecule has 0 heterocycles. The van der Waals surface area contributed by atoms with Crippen molar-refractivity contribution in [1.82, 2.24) is 0 Å². The first-order valence-electron chi connectivity index (χ1n) is 16.0. The molecule has 0 radical (unpaired) electrons. The molecular weight excluding hydrogens is 531 g/mol. The third-order valence-corrected chi connectivity index (χ3v) is 8.01. The van der Waals surface area contributed by atoms with E-state index in [-0.39, 0.29) is 0 Å². The number of unbranched alkanes of at least 4 members (excludes halogenated alkanes) is 14. The maximum absolute atomic E-state index is 12.2. The van der Waals surface area contributed by atoms with Crippen molar-refractivity contribution in [2.45, 2.75) is 186 Å². The lowest BCUT2D eigenvalue weighted by Crippen LogP contribution is -2.42. The minimum atomic E-state index is -2.59. The molecule has 8 heteroatoms. The molecular formula is C31H61O6PS. The minimum Gasteiger partial charge on any atom is -0.458 e. The third-order valence-electron chi connectivity index (χ3n) is 7.14. The van der Waals surface area contributed by atoms with Gasteiger partial charge in [-0.05, 0) is 32.6 Å². The first kappa shape index (κ1) is 38.8. The summed E-state index contributed by atoms with van der Waals surface area (Å²) in [7, 11) is -0.887. The van der Waals surface area contributed by atoms with Gasteiger partial charge in [0.25, 0.3) is 0 Å². The highest BCUT2D eigenvalue weighted by Crippen LogP contribution is 2.30. The lowest BCUT2D eigenvalue weighted by Gasteiger charge is -2.29. The highest BCUT2D eigenvalue weighted by Gasteiger charge is 2.44. The van der Waals surface area contributed by atoms with Crippen molar-refractivity contribution in [1.29, 1.82) is 0 Å². The van der Waals surface area contributed by atoms with Gasteiger partial charge in [0, 0.05) is 0 Å². The van der Waals surface area contributed by atoms with E-state index in [9.17, 15) is 14.5 Å². The van der Waals surface area contributed by atoms with Crippen LogP contribution >= 0.6 is 21.1 Å². The summed E-state index contributed by atoms with van der Waals surface area (Å²) in [5.74, 6) is -0.582. The molecule has 0 spiro atoms. The molecule has 1 N–H and O–H groups in total. The summed E-state index contributed by atoms with van der Waals surface area (Å²) < 4.78 is 28.0. The van der Waals surface area contributed by atoms with E-state index in [2.05, 4.69) is 26.5 Å². The van der Waals surface area contributed by atoms with E-state index >= 15 is 0 Å². The van der Waals surface area contributed by atoms with Crippen LogP contribution in [-0.4, -0.2) is 34.4 Å². The molecule has 232 valence electrons. The van der Waals surface area contributed by atoms with E-state index in [1.54, 1.807) is 13.8 Å². The summed E-state index contributed by atoms with van der Waals surface area (Å²) >= 11 is 4.69. The lowest BCUT2D eigenvalue weighted by molar-refractivity contribution is -0.260. The van der Waals surface area contributed by atoms with Gasteiger partial charge in [-0.3, -0.25) is 4.57 Å². The van der Waals surface area contributed by atoms with Crippen molar-refractivity contribution in [2.24, 2.45) is 5.92 Å². The highest BCUT2D eigenvalue weighted by atomic mass is 32.1. The summed E-state index contributed by atoms with van der Waals surface area (Å²) in [5, 5.41) is 10.5. The van der Waals surface area contributed by atoms with Crippen LogP contribution in [0.4, 0.5) is 0 Å². The Kier molecular flexibility index (Phi) is 25.4. The lowest BCUT2D eigenvalue weighted by atomic mass is 9.91. The zero-order valence-electron chi connectivity index (χ0n) is 25.8. The van der Waals surface area contributed by atoms with E-state index in [1.165, 1.54) is 103 Å². The molecule has 0 bridgehead atoms. The molecule has 0 aliphatic carbocycles. The fourth-order valence-corrected chi connectivity index (χ4v) is 5.54. The molecule has 0 amide bonds. The predicted molar refractivity (Wildman–Crippen MR) is 165 cm³/mol. The van der Waals surface area contributed by atoms with E-state index < -0.39 is 37.8 Å². The second-order valence-electron chi connectivity index (χ2n) is 11.3. The molecule has 0 aliphatic heterocycles. The Morgan fingerprint density at radius 3 is 1.62 bits per heavy atom. The van der Waals surface area contributed by atoms with E-state index in [0.29, 0.717) is 12.3 Å². The van der Waals surface area contributed by atoms with E-state index in [0.717, 1.165) is 19.3 Å². The quantitative estimate of drug-likeness (QED) is 0.0309. The second kappa shape index (κ2) is 25.5. The molecule has 0 aliphatic rings. The Morgan fingerprint density at radius 1 is 0.795 bits per heavy atom. The SMILES string of the molecule is CCCCCCCCCCCCC(CCCCCCCC)CC(S)OC(CC)OC(O)(P=O)C(=O)OC(C)C. The highest BCUT2D eigenvalue weighted by molar-refractivity contribution is 7.80. The van der Waals surface area contributed by atoms with Gasteiger partial charge in [0.2, 0.25) is 8.46 Å². The van der Waals surface area contributed by atoms with Gasteiger partial charge in [-0.25, -0.2) is 4.79 Å². The number of thiol groups is 1. The van der Waals surface area contributed by atoms with Crippen LogP contribution in [-0.2, 0) is 23.6 Å². The Hall–Kier alpha value is -0.200. The van der Waals surface area contributed by atoms with Crippen molar-refractivity contribution in [3.8, 4) is 0 Å². The normalized spacial score (nSPS) is 15.8. The Bertz CT molecular complexity index is 593. The fourth-order valence-electron chi connectivity index (χ4n) is 4.82. The second-order valence-corrected chi connectivity index (χ2v) is 12.7. The molecule has 39 heavy (non-hydrogen) atoms. The van der Waals surface area contributed by atoms with Gasteiger partial charge in [0.15, 0.2) is 6.29 Å². The number of ether oxygens (including phenoxy) is 3. The van der Waals surface area contributed by atoms with E-state index in [1.807, 2.05) is 6.92 Å². The van der Waals surface area contributed by atoms with Crippen LogP contribution in [0, 0.1) is 5.92 Å². The van der Waals surface area contributed by atoms with Gasteiger partial charge < -0.3 is 19.3 Å². The summed E-state index contributed by atoms with van der Waals surface area (Å²) in [6, 6.07) is 0. The Morgan fingerprint density at radius 2 is 1.23 bits per heavy atom. The molecule has 0 aromatic carbocycles. The average Bonchev–Trinajstić information content (AvgIpc) is 2.90. The maximum atomic E-state index is 12.2. The van der Waals surface area contributed by atoms with Crippen molar-refractivity contribution in [2.75, 3.05) is 0 Å². The van der Waals surface area contributed by atoms with Gasteiger partial charge in [-0.15, -0.1) is 12.6 Å².